The number of rotatable bonds is 0. The summed E-state index contributed by atoms with van der Waals surface area (Å²) in [6, 6.07) is 0. The Kier molecular flexibility index (Phi) is 1.41. The molecule has 2 fully saturated rings. The zero-order valence-corrected chi connectivity index (χ0v) is 6.67. The molecule has 1 N–H and O–H groups in total. The average Bonchev–Trinajstić information content (AvgIpc) is 2.46. The maximum Gasteiger partial charge on any atom is 0.221 e. The molecule has 10 heavy (non-hydrogen) atoms. The summed E-state index contributed by atoms with van der Waals surface area (Å²) in [6.45, 7) is 0.913. The van der Waals surface area contributed by atoms with Gasteiger partial charge in [0.05, 0.1) is 0 Å². The predicted octanol–water partition coefficient (Wildman–Crippen LogP) is 0.772. The Bertz CT molecular complexity index is 163. The van der Waals surface area contributed by atoms with E-state index >= 15 is 0 Å². The zero-order chi connectivity index (χ0) is 7.03. The van der Waals surface area contributed by atoms with Gasteiger partial charge in [0.2, 0.25) is 5.91 Å². The van der Waals surface area contributed by atoms with Crippen molar-refractivity contribution < 1.29 is 4.79 Å². The van der Waals surface area contributed by atoms with Crippen LogP contribution in [0.25, 0.3) is 0 Å². The van der Waals surface area contributed by atoms with Crippen molar-refractivity contribution in [2.24, 2.45) is 0 Å². The molecular formula is C7H11NOS. The largest absolute Gasteiger partial charge is 0.355 e. The molecule has 1 atom stereocenters. The van der Waals surface area contributed by atoms with Crippen LogP contribution >= 0.6 is 11.8 Å². The van der Waals surface area contributed by atoms with Crippen molar-refractivity contribution in [1.29, 1.82) is 0 Å². The highest BCUT2D eigenvalue weighted by molar-refractivity contribution is 8.01. The molecule has 0 bridgehead atoms. The van der Waals surface area contributed by atoms with E-state index in [2.05, 4.69) is 5.32 Å². The van der Waals surface area contributed by atoms with E-state index in [0.717, 1.165) is 13.0 Å². The van der Waals surface area contributed by atoms with E-state index in [1.54, 1.807) is 0 Å². The smallest absolute Gasteiger partial charge is 0.221 e. The average molecular weight is 157 g/mol. The second kappa shape index (κ2) is 2.16. The number of carbonyl (C=O) groups is 1. The molecule has 0 aromatic rings. The minimum Gasteiger partial charge on any atom is -0.355 e. The van der Waals surface area contributed by atoms with Crippen LogP contribution in [0.2, 0.25) is 0 Å². The summed E-state index contributed by atoms with van der Waals surface area (Å²) in [6.07, 6.45) is 3.29. The second-order valence-electron chi connectivity index (χ2n) is 3.09. The van der Waals surface area contributed by atoms with Gasteiger partial charge in [-0.05, 0) is 18.6 Å². The van der Waals surface area contributed by atoms with Gasteiger partial charge in [-0.25, -0.2) is 0 Å². The Morgan fingerprint density at radius 2 is 2.50 bits per heavy atom. The predicted molar refractivity (Wildman–Crippen MR) is 42.0 cm³/mol. The lowest BCUT2D eigenvalue weighted by Gasteiger charge is -2.17. The fourth-order valence-corrected chi connectivity index (χ4v) is 3.13. The van der Waals surface area contributed by atoms with Crippen LogP contribution in [-0.4, -0.2) is 23.0 Å². The van der Waals surface area contributed by atoms with Gasteiger partial charge in [-0.2, -0.15) is 11.8 Å². The first kappa shape index (κ1) is 6.53. The third kappa shape index (κ3) is 0.926. The van der Waals surface area contributed by atoms with Crippen molar-refractivity contribution >= 4 is 17.7 Å². The van der Waals surface area contributed by atoms with E-state index in [1.165, 1.54) is 18.6 Å². The molecule has 3 heteroatoms. The molecule has 2 heterocycles. The highest BCUT2D eigenvalue weighted by atomic mass is 32.2. The first-order chi connectivity index (χ1) is 4.81. The molecule has 0 aromatic carbocycles. The van der Waals surface area contributed by atoms with Gasteiger partial charge in [0.15, 0.2) is 0 Å². The SMILES string of the molecule is O=C1CC2(CCCS2)CN1. The van der Waals surface area contributed by atoms with Gasteiger partial charge in [-0.1, -0.05) is 0 Å². The number of amides is 1. The molecule has 1 amide bonds. The second-order valence-corrected chi connectivity index (χ2v) is 4.65. The minimum atomic E-state index is 0.245. The number of nitrogens with one attached hydrogen (secondary N) is 1. The Balaban J connectivity index is 2.09. The van der Waals surface area contributed by atoms with E-state index in [9.17, 15) is 4.79 Å². The van der Waals surface area contributed by atoms with E-state index in [-0.39, 0.29) is 5.91 Å². The van der Waals surface area contributed by atoms with Crippen molar-refractivity contribution in [3.05, 3.63) is 0 Å². The maximum absolute atomic E-state index is 10.9. The fraction of sp³-hybridized carbons (Fsp3) is 0.857. The summed E-state index contributed by atoms with van der Waals surface area (Å²) < 4.78 is 0.317. The Morgan fingerprint density at radius 3 is 3.00 bits per heavy atom. The summed E-state index contributed by atoms with van der Waals surface area (Å²) in [5.74, 6) is 1.49. The van der Waals surface area contributed by atoms with Crippen molar-refractivity contribution in [3.63, 3.8) is 0 Å². The maximum atomic E-state index is 10.9. The molecule has 0 aromatic heterocycles. The molecule has 2 rings (SSSR count). The van der Waals surface area contributed by atoms with Crippen molar-refractivity contribution in [1.82, 2.24) is 5.32 Å². The summed E-state index contributed by atoms with van der Waals surface area (Å²) >= 11 is 1.97. The van der Waals surface area contributed by atoms with Crippen LogP contribution in [0.3, 0.4) is 0 Å². The summed E-state index contributed by atoms with van der Waals surface area (Å²) in [7, 11) is 0. The van der Waals surface area contributed by atoms with E-state index in [4.69, 9.17) is 0 Å². The lowest BCUT2D eigenvalue weighted by molar-refractivity contribution is -0.119. The lowest BCUT2D eigenvalue weighted by Crippen LogP contribution is -2.23. The molecule has 2 aliphatic heterocycles. The van der Waals surface area contributed by atoms with Gasteiger partial charge in [0.1, 0.15) is 0 Å². The normalized spacial score (nSPS) is 39.0. The van der Waals surface area contributed by atoms with Gasteiger partial charge in [0.25, 0.3) is 0 Å². The van der Waals surface area contributed by atoms with Gasteiger partial charge < -0.3 is 5.32 Å². The Hall–Kier alpha value is -0.180. The van der Waals surface area contributed by atoms with E-state index in [1.807, 2.05) is 11.8 Å². The van der Waals surface area contributed by atoms with E-state index < -0.39 is 0 Å². The Morgan fingerprint density at radius 1 is 1.60 bits per heavy atom. The quantitative estimate of drug-likeness (QED) is 0.563. The van der Waals surface area contributed by atoms with Crippen LogP contribution < -0.4 is 5.32 Å². The highest BCUT2D eigenvalue weighted by Gasteiger charge is 2.41. The topological polar surface area (TPSA) is 29.1 Å². The van der Waals surface area contributed by atoms with Gasteiger partial charge in [-0.15, -0.1) is 0 Å². The van der Waals surface area contributed by atoms with Crippen LogP contribution in [0.4, 0.5) is 0 Å². The van der Waals surface area contributed by atoms with Gasteiger partial charge >= 0.3 is 0 Å². The molecule has 56 valence electrons. The highest BCUT2D eigenvalue weighted by Crippen LogP contribution is 2.42. The number of carbonyl (C=O) groups excluding carboxylic acids is 1. The van der Waals surface area contributed by atoms with Crippen molar-refractivity contribution in [2.75, 3.05) is 12.3 Å². The monoisotopic (exact) mass is 157 g/mol. The fourth-order valence-electron chi connectivity index (χ4n) is 1.71. The van der Waals surface area contributed by atoms with E-state index in [0.29, 0.717) is 4.75 Å². The van der Waals surface area contributed by atoms with Crippen LogP contribution in [0.15, 0.2) is 0 Å². The third-order valence-electron chi connectivity index (χ3n) is 2.28. The number of hydrogen-bond acceptors (Lipinski definition) is 2. The van der Waals surface area contributed by atoms with Crippen LogP contribution in [0.5, 0.6) is 0 Å². The van der Waals surface area contributed by atoms with Crippen molar-refractivity contribution in [2.45, 2.75) is 24.0 Å². The summed E-state index contributed by atoms with van der Waals surface area (Å²) in [5, 5.41) is 2.89. The first-order valence-corrected chi connectivity index (χ1v) is 4.70. The number of hydrogen-bond donors (Lipinski definition) is 1. The molecule has 0 saturated carbocycles. The summed E-state index contributed by atoms with van der Waals surface area (Å²) in [4.78, 5) is 10.9. The lowest BCUT2D eigenvalue weighted by atomic mass is 10.0. The first-order valence-electron chi connectivity index (χ1n) is 3.71. The van der Waals surface area contributed by atoms with Crippen LogP contribution in [0.1, 0.15) is 19.3 Å². The molecule has 1 unspecified atom stereocenters. The van der Waals surface area contributed by atoms with Gasteiger partial charge in [0, 0.05) is 17.7 Å². The zero-order valence-electron chi connectivity index (χ0n) is 5.85. The summed E-state index contributed by atoms with van der Waals surface area (Å²) in [5.41, 5.74) is 0. The Labute approximate surface area is 64.8 Å². The number of thioether (sulfide) groups is 1. The minimum absolute atomic E-state index is 0.245. The molecule has 2 nitrogen and oxygen atoms in total. The molecule has 2 saturated heterocycles. The molecule has 2 aliphatic rings. The molecule has 0 aliphatic carbocycles. The van der Waals surface area contributed by atoms with Crippen molar-refractivity contribution in [3.8, 4) is 0 Å². The van der Waals surface area contributed by atoms with Crippen LogP contribution in [-0.2, 0) is 4.79 Å². The molecule has 0 radical (unpaired) electrons. The molecular weight excluding hydrogens is 146 g/mol. The standard InChI is InChI=1S/C7H11NOS/c9-6-4-7(5-8-6)2-1-3-10-7/h1-5H2,(H,8,9). The molecule has 1 spiro atoms. The third-order valence-corrected chi connectivity index (χ3v) is 3.87. The van der Waals surface area contributed by atoms with Gasteiger partial charge in [-0.3, -0.25) is 4.79 Å². The van der Waals surface area contributed by atoms with Crippen LogP contribution in [0, 0.1) is 0 Å².